The van der Waals surface area contributed by atoms with Gasteiger partial charge in [0.05, 0.1) is 0 Å². The number of rotatable bonds is 2. The van der Waals surface area contributed by atoms with Crippen LogP contribution in [0.1, 0.15) is 36.8 Å². The second-order valence-corrected chi connectivity index (χ2v) is 6.46. The predicted octanol–water partition coefficient (Wildman–Crippen LogP) is 2.99. The van der Waals surface area contributed by atoms with Gasteiger partial charge in [-0.25, -0.2) is 0 Å². The SMILES string of the molecule is Oc1c2c(c(O)n1CC1CC3C=CC1C3)CCCC2. The van der Waals surface area contributed by atoms with Crippen molar-refractivity contribution in [1.82, 2.24) is 4.57 Å². The summed E-state index contributed by atoms with van der Waals surface area (Å²) in [7, 11) is 0. The molecule has 3 heteroatoms. The summed E-state index contributed by atoms with van der Waals surface area (Å²) < 4.78 is 1.77. The normalized spacial score (nSPS) is 31.9. The van der Waals surface area contributed by atoms with Gasteiger partial charge >= 0.3 is 0 Å². The highest BCUT2D eigenvalue weighted by atomic mass is 16.3. The highest BCUT2D eigenvalue weighted by Gasteiger charge is 2.37. The van der Waals surface area contributed by atoms with E-state index in [0.29, 0.717) is 23.6 Å². The summed E-state index contributed by atoms with van der Waals surface area (Å²) in [5.41, 5.74) is 2.00. The van der Waals surface area contributed by atoms with Crippen molar-refractivity contribution in [2.75, 3.05) is 0 Å². The van der Waals surface area contributed by atoms with Crippen molar-refractivity contribution in [2.24, 2.45) is 17.8 Å². The summed E-state index contributed by atoms with van der Waals surface area (Å²) in [6, 6.07) is 0. The highest BCUT2D eigenvalue weighted by Crippen LogP contribution is 2.46. The minimum Gasteiger partial charge on any atom is -0.494 e. The Bertz CT molecular complexity index is 514. The molecule has 3 atom stereocenters. The molecule has 19 heavy (non-hydrogen) atoms. The zero-order valence-corrected chi connectivity index (χ0v) is 11.2. The molecule has 1 aromatic rings. The van der Waals surface area contributed by atoms with Crippen LogP contribution in [0.4, 0.5) is 0 Å². The second kappa shape index (κ2) is 4.06. The van der Waals surface area contributed by atoms with E-state index in [0.717, 1.165) is 49.3 Å². The minimum atomic E-state index is 0.332. The summed E-state index contributed by atoms with van der Waals surface area (Å²) >= 11 is 0. The maximum absolute atomic E-state index is 10.4. The first-order valence-corrected chi connectivity index (χ1v) is 7.54. The molecule has 1 saturated carbocycles. The number of aromatic nitrogens is 1. The highest BCUT2D eigenvalue weighted by molar-refractivity contribution is 5.46. The minimum absolute atomic E-state index is 0.332. The Morgan fingerprint density at radius 1 is 1.00 bits per heavy atom. The molecule has 1 heterocycles. The van der Waals surface area contributed by atoms with E-state index < -0.39 is 0 Å². The van der Waals surface area contributed by atoms with Crippen molar-refractivity contribution >= 4 is 0 Å². The summed E-state index contributed by atoms with van der Waals surface area (Å²) in [5.74, 6) is 2.64. The van der Waals surface area contributed by atoms with Crippen LogP contribution < -0.4 is 0 Å². The Morgan fingerprint density at radius 3 is 2.21 bits per heavy atom. The average molecular weight is 259 g/mol. The van der Waals surface area contributed by atoms with E-state index in [1.165, 1.54) is 12.8 Å². The smallest absolute Gasteiger partial charge is 0.197 e. The largest absolute Gasteiger partial charge is 0.494 e. The Labute approximate surface area is 113 Å². The van der Waals surface area contributed by atoms with Gasteiger partial charge in [-0.3, -0.25) is 4.57 Å². The van der Waals surface area contributed by atoms with Crippen LogP contribution in [-0.4, -0.2) is 14.8 Å². The summed E-state index contributed by atoms with van der Waals surface area (Å²) in [4.78, 5) is 0. The summed E-state index contributed by atoms with van der Waals surface area (Å²) in [5, 5.41) is 20.7. The lowest BCUT2D eigenvalue weighted by Crippen LogP contribution is -2.14. The molecule has 3 aliphatic carbocycles. The first-order chi connectivity index (χ1) is 9.24. The topological polar surface area (TPSA) is 45.4 Å². The number of hydrogen-bond acceptors (Lipinski definition) is 2. The van der Waals surface area contributed by atoms with Crippen LogP contribution in [0, 0.1) is 17.8 Å². The van der Waals surface area contributed by atoms with Crippen molar-refractivity contribution < 1.29 is 10.2 Å². The Kier molecular flexibility index (Phi) is 2.44. The number of fused-ring (bicyclic) bond motifs is 3. The van der Waals surface area contributed by atoms with Crippen molar-refractivity contribution in [3.8, 4) is 11.8 Å². The van der Waals surface area contributed by atoms with Gasteiger partial charge in [-0.15, -0.1) is 0 Å². The molecule has 3 aliphatic rings. The van der Waals surface area contributed by atoms with E-state index in [1.54, 1.807) is 4.57 Å². The molecular formula is C16H21NO2. The molecular weight excluding hydrogens is 238 g/mol. The van der Waals surface area contributed by atoms with Gasteiger partial charge < -0.3 is 10.2 Å². The lowest BCUT2D eigenvalue weighted by Gasteiger charge is -2.19. The third-order valence-electron chi connectivity index (χ3n) is 5.35. The molecule has 102 valence electrons. The van der Waals surface area contributed by atoms with Crippen LogP contribution in [0.25, 0.3) is 0 Å². The number of allylic oxidation sites excluding steroid dienone is 2. The third-order valence-corrected chi connectivity index (χ3v) is 5.35. The van der Waals surface area contributed by atoms with Crippen LogP contribution in [-0.2, 0) is 19.4 Å². The van der Waals surface area contributed by atoms with Gasteiger partial charge in [0.1, 0.15) is 0 Å². The monoisotopic (exact) mass is 259 g/mol. The number of hydrogen-bond donors (Lipinski definition) is 2. The molecule has 0 radical (unpaired) electrons. The fraction of sp³-hybridized carbons (Fsp3) is 0.625. The van der Waals surface area contributed by atoms with Gasteiger partial charge in [0, 0.05) is 17.7 Å². The molecule has 4 rings (SSSR count). The summed E-state index contributed by atoms with van der Waals surface area (Å²) in [6.07, 6.45) is 11.2. The lowest BCUT2D eigenvalue weighted by molar-refractivity contribution is 0.309. The summed E-state index contributed by atoms with van der Waals surface area (Å²) in [6.45, 7) is 0.774. The van der Waals surface area contributed by atoms with Crippen molar-refractivity contribution in [2.45, 2.75) is 45.1 Å². The van der Waals surface area contributed by atoms with Crippen LogP contribution in [0.2, 0.25) is 0 Å². The van der Waals surface area contributed by atoms with E-state index in [1.807, 2.05) is 0 Å². The number of aromatic hydroxyl groups is 2. The van der Waals surface area contributed by atoms with E-state index in [2.05, 4.69) is 12.2 Å². The molecule has 0 amide bonds. The van der Waals surface area contributed by atoms with Gasteiger partial charge in [-0.2, -0.15) is 0 Å². The van der Waals surface area contributed by atoms with Crippen LogP contribution in [0.5, 0.6) is 11.8 Å². The van der Waals surface area contributed by atoms with Gasteiger partial charge in [-0.05, 0) is 56.3 Å². The zero-order chi connectivity index (χ0) is 13.0. The molecule has 1 fully saturated rings. The fourth-order valence-electron chi connectivity index (χ4n) is 4.34. The fourth-order valence-corrected chi connectivity index (χ4v) is 4.34. The maximum atomic E-state index is 10.4. The van der Waals surface area contributed by atoms with Crippen molar-refractivity contribution in [1.29, 1.82) is 0 Å². The van der Waals surface area contributed by atoms with Crippen molar-refractivity contribution in [3.63, 3.8) is 0 Å². The van der Waals surface area contributed by atoms with Crippen molar-refractivity contribution in [3.05, 3.63) is 23.3 Å². The Hall–Kier alpha value is -1.38. The van der Waals surface area contributed by atoms with Crippen LogP contribution in [0.3, 0.4) is 0 Å². The number of nitrogens with zero attached hydrogens (tertiary/aromatic N) is 1. The molecule has 0 spiro atoms. The van der Waals surface area contributed by atoms with Gasteiger partial charge in [0.15, 0.2) is 11.8 Å². The molecule has 3 nitrogen and oxygen atoms in total. The Balaban J connectivity index is 1.64. The first-order valence-electron chi connectivity index (χ1n) is 7.54. The van der Waals surface area contributed by atoms with Gasteiger partial charge in [-0.1, -0.05) is 12.2 Å². The van der Waals surface area contributed by atoms with E-state index in [9.17, 15) is 10.2 Å². The van der Waals surface area contributed by atoms with Gasteiger partial charge in [0.2, 0.25) is 0 Å². The zero-order valence-electron chi connectivity index (χ0n) is 11.2. The van der Waals surface area contributed by atoms with E-state index in [-0.39, 0.29) is 0 Å². The quantitative estimate of drug-likeness (QED) is 0.802. The van der Waals surface area contributed by atoms with E-state index >= 15 is 0 Å². The standard InChI is InChI=1S/C16H21NO2/c18-15-13-3-1-2-4-14(13)16(19)17(15)9-12-8-10-5-6-11(12)7-10/h5-6,10-12,18-19H,1-4,7-9H2. The molecule has 0 aromatic carbocycles. The lowest BCUT2D eigenvalue weighted by atomic mass is 9.93. The average Bonchev–Trinajstić information content (AvgIpc) is 3.10. The first kappa shape index (κ1) is 11.4. The van der Waals surface area contributed by atoms with Gasteiger partial charge in [0.25, 0.3) is 0 Å². The molecule has 2 bridgehead atoms. The molecule has 1 aromatic heterocycles. The molecule has 0 aliphatic heterocycles. The Morgan fingerprint density at radius 2 is 1.68 bits per heavy atom. The molecule has 3 unspecified atom stereocenters. The van der Waals surface area contributed by atoms with Crippen LogP contribution >= 0.6 is 0 Å². The molecule has 2 N–H and O–H groups in total. The predicted molar refractivity (Wildman–Crippen MR) is 73.2 cm³/mol. The molecule has 0 saturated heterocycles. The maximum Gasteiger partial charge on any atom is 0.197 e. The second-order valence-electron chi connectivity index (χ2n) is 6.46. The van der Waals surface area contributed by atoms with Crippen LogP contribution in [0.15, 0.2) is 12.2 Å². The third kappa shape index (κ3) is 1.63. The van der Waals surface area contributed by atoms with E-state index in [4.69, 9.17) is 0 Å².